The fraction of sp³-hybridized carbons (Fsp3) is 0.417. The molecule has 1 aromatic carbocycles. The molecule has 1 heterocycles. The van der Waals surface area contributed by atoms with Crippen LogP contribution < -0.4 is 5.73 Å². The Kier molecular flexibility index (Phi) is 4.93. The van der Waals surface area contributed by atoms with Crippen molar-refractivity contribution in [1.29, 1.82) is 0 Å². The molecule has 2 N–H and O–H groups in total. The van der Waals surface area contributed by atoms with Crippen molar-refractivity contribution in [2.24, 2.45) is 5.73 Å². The molecular weight excluding hydrogens is 259 g/mol. The normalized spacial score (nSPS) is 16.4. The van der Waals surface area contributed by atoms with Crippen molar-refractivity contribution in [3.05, 3.63) is 35.9 Å². The molecule has 0 radical (unpaired) electrons. The number of carbonyl (C=O) groups is 1. The number of alkyl halides is 1. The molecule has 100 valence electrons. The Morgan fingerprint density at radius 2 is 2.00 bits per heavy atom. The van der Waals surface area contributed by atoms with Crippen LogP contribution in [0.3, 0.4) is 0 Å². The molecule has 1 aliphatic rings. The first kappa shape index (κ1) is 14.7. The van der Waals surface area contributed by atoms with Crippen LogP contribution in [0.4, 0.5) is 9.18 Å². The third kappa shape index (κ3) is 3.34. The quantitative estimate of drug-likeness (QED) is 0.913. The number of halogens is 2. The topological polar surface area (TPSA) is 55.6 Å². The standard InChI is InChI=1S/C12H15FN2O2.ClH/c13-12(7-14)8-15(9-12)11(16)17-6-10-4-2-1-3-5-10;/h1-5H,6-9,14H2;1H. The second-order valence-corrected chi connectivity index (χ2v) is 4.25. The fourth-order valence-electron chi connectivity index (χ4n) is 1.71. The van der Waals surface area contributed by atoms with Gasteiger partial charge in [-0.2, -0.15) is 0 Å². The summed E-state index contributed by atoms with van der Waals surface area (Å²) in [6, 6.07) is 9.35. The van der Waals surface area contributed by atoms with Crippen molar-refractivity contribution in [3.8, 4) is 0 Å². The minimum absolute atomic E-state index is 0. The van der Waals surface area contributed by atoms with Gasteiger partial charge in [0.15, 0.2) is 5.67 Å². The van der Waals surface area contributed by atoms with E-state index in [1.807, 2.05) is 30.3 Å². The molecule has 1 saturated heterocycles. The van der Waals surface area contributed by atoms with Crippen molar-refractivity contribution in [3.63, 3.8) is 0 Å². The zero-order valence-electron chi connectivity index (χ0n) is 9.84. The number of hydrogen-bond donors (Lipinski definition) is 1. The van der Waals surface area contributed by atoms with Gasteiger partial charge in [-0.15, -0.1) is 12.4 Å². The van der Waals surface area contributed by atoms with Gasteiger partial charge >= 0.3 is 6.09 Å². The maximum Gasteiger partial charge on any atom is 0.410 e. The Morgan fingerprint density at radius 3 is 2.56 bits per heavy atom. The van der Waals surface area contributed by atoms with E-state index in [2.05, 4.69) is 0 Å². The van der Waals surface area contributed by atoms with E-state index in [0.29, 0.717) is 0 Å². The molecule has 1 fully saturated rings. The van der Waals surface area contributed by atoms with E-state index < -0.39 is 11.8 Å². The Labute approximate surface area is 111 Å². The van der Waals surface area contributed by atoms with Gasteiger partial charge in [0.1, 0.15) is 6.61 Å². The molecule has 0 atom stereocenters. The monoisotopic (exact) mass is 274 g/mol. The summed E-state index contributed by atoms with van der Waals surface area (Å²) >= 11 is 0. The molecule has 0 aliphatic carbocycles. The van der Waals surface area contributed by atoms with Gasteiger partial charge in [-0.05, 0) is 5.56 Å². The molecule has 1 aromatic rings. The van der Waals surface area contributed by atoms with Crippen LogP contribution in [0.5, 0.6) is 0 Å². The molecule has 0 unspecified atom stereocenters. The number of likely N-dealkylation sites (tertiary alicyclic amines) is 1. The number of hydrogen-bond acceptors (Lipinski definition) is 3. The van der Waals surface area contributed by atoms with Gasteiger partial charge in [-0.3, -0.25) is 0 Å². The van der Waals surface area contributed by atoms with Crippen LogP contribution in [0, 0.1) is 0 Å². The Bertz CT molecular complexity index is 396. The summed E-state index contributed by atoms with van der Waals surface area (Å²) in [6.07, 6.45) is -0.490. The van der Waals surface area contributed by atoms with Gasteiger partial charge in [0.2, 0.25) is 0 Å². The van der Waals surface area contributed by atoms with E-state index in [-0.39, 0.29) is 38.6 Å². The molecule has 1 amide bonds. The fourth-order valence-corrected chi connectivity index (χ4v) is 1.71. The molecule has 0 aromatic heterocycles. The van der Waals surface area contributed by atoms with E-state index in [9.17, 15) is 9.18 Å². The number of benzene rings is 1. The Morgan fingerprint density at radius 1 is 1.39 bits per heavy atom. The van der Waals surface area contributed by atoms with Crippen LogP contribution in [0.15, 0.2) is 30.3 Å². The first-order valence-corrected chi connectivity index (χ1v) is 5.48. The Hall–Kier alpha value is -1.33. The van der Waals surface area contributed by atoms with Gasteiger partial charge in [-0.25, -0.2) is 9.18 Å². The molecule has 2 rings (SSSR count). The predicted octanol–water partition coefficient (Wildman–Crippen LogP) is 1.73. The number of ether oxygens (including phenoxy) is 1. The molecule has 6 heteroatoms. The first-order valence-electron chi connectivity index (χ1n) is 5.48. The number of nitrogens with zero attached hydrogens (tertiary/aromatic N) is 1. The number of rotatable bonds is 3. The maximum atomic E-state index is 13.4. The zero-order valence-corrected chi connectivity index (χ0v) is 10.7. The number of carbonyl (C=O) groups excluding carboxylic acids is 1. The first-order chi connectivity index (χ1) is 8.13. The van der Waals surface area contributed by atoms with Gasteiger partial charge in [0, 0.05) is 6.54 Å². The van der Waals surface area contributed by atoms with Crippen molar-refractivity contribution in [2.45, 2.75) is 12.3 Å². The molecular formula is C12H16ClFN2O2. The van der Waals surface area contributed by atoms with Gasteiger partial charge in [-0.1, -0.05) is 30.3 Å². The lowest BCUT2D eigenvalue weighted by atomic mass is 9.97. The second-order valence-electron chi connectivity index (χ2n) is 4.25. The van der Waals surface area contributed by atoms with Crippen molar-refractivity contribution < 1.29 is 13.9 Å². The highest BCUT2D eigenvalue weighted by molar-refractivity contribution is 5.85. The van der Waals surface area contributed by atoms with Crippen LogP contribution in [-0.2, 0) is 11.3 Å². The maximum absolute atomic E-state index is 13.4. The van der Waals surface area contributed by atoms with Crippen molar-refractivity contribution in [1.82, 2.24) is 4.90 Å². The van der Waals surface area contributed by atoms with Crippen molar-refractivity contribution in [2.75, 3.05) is 19.6 Å². The lowest BCUT2D eigenvalue weighted by molar-refractivity contribution is -0.0249. The van der Waals surface area contributed by atoms with Crippen LogP contribution in [-0.4, -0.2) is 36.3 Å². The third-order valence-corrected chi connectivity index (χ3v) is 2.78. The summed E-state index contributed by atoms with van der Waals surface area (Å²) in [6.45, 7) is 0.196. The van der Waals surface area contributed by atoms with Crippen LogP contribution in [0.1, 0.15) is 5.56 Å². The van der Waals surface area contributed by atoms with Crippen molar-refractivity contribution >= 4 is 18.5 Å². The summed E-state index contributed by atoms with van der Waals surface area (Å²) in [5.74, 6) is 0. The summed E-state index contributed by atoms with van der Waals surface area (Å²) in [5, 5.41) is 0. The highest BCUT2D eigenvalue weighted by atomic mass is 35.5. The highest BCUT2D eigenvalue weighted by Gasteiger charge is 2.45. The summed E-state index contributed by atoms with van der Waals surface area (Å²) in [7, 11) is 0. The van der Waals surface area contributed by atoms with Gasteiger partial charge in [0.25, 0.3) is 0 Å². The average molecular weight is 275 g/mol. The molecule has 18 heavy (non-hydrogen) atoms. The average Bonchev–Trinajstić information content (AvgIpc) is 2.33. The number of nitrogens with two attached hydrogens (primary N) is 1. The van der Waals surface area contributed by atoms with Gasteiger partial charge in [0.05, 0.1) is 13.1 Å². The van der Waals surface area contributed by atoms with Gasteiger partial charge < -0.3 is 15.4 Å². The summed E-state index contributed by atoms with van der Waals surface area (Å²) in [4.78, 5) is 12.8. The smallest absolute Gasteiger partial charge is 0.410 e. The Balaban J connectivity index is 0.00000162. The highest BCUT2D eigenvalue weighted by Crippen LogP contribution is 2.24. The molecule has 0 spiro atoms. The molecule has 0 saturated carbocycles. The lowest BCUT2D eigenvalue weighted by Gasteiger charge is -2.42. The van der Waals surface area contributed by atoms with E-state index in [1.165, 1.54) is 4.90 Å². The number of amides is 1. The molecule has 4 nitrogen and oxygen atoms in total. The van der Waals surface area contributed by atoms with E-state index in [0.717, 1.165) is 5.56 Å². The minimum atomic E-state index is -1.42. The molecule has 1 aliphatic heterocycles. The SMILES string of the molecule is Cl.NCC1(F)CN(C(=O)OCc2ccccc2)C1. The second kappa shape index (κ2) is 6.02. The van der Waals surface area contributed by atoms with E-state index in [4.69, 9.17) is 10.5 Å². The predicted molar refractivity (Wildman–Crippen MR) is 68.3 cm³/mol. The largest absolute Gasteiger partial charge is 0.445 e. The minimum Gasteiger partial charge on any atom is -0.445 e. The van der Waals surface area contributed by atoms with Crippen LogP contribution >= 0.6 is 12.4 Å². The van der Waals surface area contributed by atoms with E-state index in [1.54, 1.807) is 0 Å². The van der Waals surface area contributed by atoms with Crippen LogP contribution in [0.25, 0.3) is 0 Å². The third-order valence-electron chi connectivity index (χ3n) is 2.78. The summed E-state index contributed by atoms with van der Waals surface area (Å²) < 4.78 is 18.5. The lowest BCUT2D eigenvalue weighted by Crippen LogP contribution is -2.64. The van der Waals surface area contributed by atoms with Crippen LogP contribution in [0.2, 0.25) is 0 Å². The molecule has 0 bridgehead atoms. The van der Waals surface area contributed by atoms with E-state index >= 15 is 0 Å². The summed E-state index contributed by atoms with van der Waals surface area (Å²) in [5.41, 5.74) is 4.73. The zero-order chi connectivity index (χ0) is 12.3.